The lowest BCUT2D eigenvalue weighted by Gasteiger charge is -2.29. The average molecular weight is 317 g/mol. The standard InChI is InChI=1S/C11H10F3N5OS/c1-3-7-18-19-9(21-7)17-10(11(12,13)14)6(4-15)5(2)16-8(10)20/h3H2,1-2H3,(H,16,20)(H,17,19). The number of rotatable bonds is 3. The molecule has 10 heteroatoms. The Kier molecular flexibility index (Phi) is 3.63. The van der Waals surface area contributed by atoms with Crippen LogP contribution in [-0.4, -0.2) is 27.8 Å². The van der Waals surface area contributed by atoms with E-state index in [-0.39, 0.29) is 10.8 Å². The SMILES string of the molecule is CCc1nnc(NC2(C(F)(F)F)C(=O)NC(C)=C2C#N)s1. The van der Waals surface area contributed by atoms with Crippen LogP contribution in [0.2, 0.25) is 0 Å². The first kappa shape index (κ1) is 15.2. The Morgan fingerprint density at radius 1 is 1.48 bits per heavy atom. The smallest absolute Gasteiger partial charge is 0.334 e. The van der Waals surface area contributed by atoms with Crippen molar-refractivity contribution in [1.82, 2.24) is 15.5 Å². The van der Waals surface area contributed by atoms with Crippen molar-refractivity contribution in [2.45, 2.75) is 32.0 Å². The van der Waals surface area contributed by atoms with E-state index in [9.17, 15) is 18.0 Å². The van der Waals surface area contributed by atoms with Gasteiger partial charge in [-0.25, -0.2) is 0 Å². The average Bonchev–Trinajstić information content (AvgIpc) is 2.93. The number of allylic oxidation sites excluding steroid dienone is 1. The summed E-state index contributed by atoms with van der Waals surface area (Å²) in [7, 11) is 0. The van der Waals surface area contributed by atoms with Crippen LogP contribution >= 0.6 is 11.3 Å². The molecule has 0 aromatic carbocycles. The molecule has 0 saturated carbocycles. The van der Waals surface area contributed by atoms with Gasteiger partial charge in [0.1, 0.15) is 5.01 Å². The molecule has 21 heavy (non-hydrogen) atoms. The summed E-state index contributed by atoms with van der Waals surface area (Å²) in [4.78, 5) is 11.9. The molecule has 1 aliphatic rings. The first-order valence-corrected chi connectivity index (χ1v) is 6.68. The van der Waals surface area contributed by atoms with Gasteiger partial charge < -0.3 is 10.6 Å². The summed E-state index contributed by atoms with van der Waals surface area (Å²) < 4.78 is 40.5. The Labute approximate surface area is 121 Å². The molecule has 0 fully saturated rings. The number of nitrogens with zero attached hydrogens (tertiary/aromatic N) is 3. The number of nitrogens with one attached hydrogen (secondary N) is 2. The molecule has 112 valence electrons. The number of nitriles is 1. The lowest BCUT2D eigenvalue weighted by molar-refractivity contribution is -0.174. The first-order valence-electron chi connectivity index (χ1n) is 5.86. The van der Waals surface area contributed by atoms with E-state index in [4.69, 9.17) is 5.26 Å². The fourth-order valence-electron chi connectivity index (χ4n) is 1.96. The van der Waals surface area contributed by atoms with Gasteiger partial charge in [-0.1, -0.05) is 18.3 Å². The second-order valence-corrected chi connectivity index (χ2v) is 5.36. The van der Waals surface area contributed by atoms with Gasteiger partial charge in [0.05, 0.1) is 11.6 Å². The number of anilines is 1. The second-order valence-electron chi connectivity index (χ2n) is 4.29. The van der Waals surface area contributed by atoms with E-state index in [0.29, 0.717) is 11.4 Å². The van der Waals surface area contributed by atoms with Crippen LogP contribution in [0.15, 0.2) is 11.3 Å². The summed E-state index contributed by atoms with van der Waals surface area (Å²) in [6, 6.07) is 1.45. The zero-order valence-corrected chi connectivity index (χ0v) is 11.8. The van der Waals surface area contributed by atoms with E-state index in [1.807, 2.05) is 5.32 Å². The van der Waals surface area contributed by atoms with Crippen LogP contribution in [0.3, 0.4) is 0 Å². The summed E-state index contributed by atoms with van der Waals surface area (Å²) in [6.45, 7) is 3.01. The van der Waals surface area contributed by atoms with Crippen LogP contribution in [0, 0.1) is 11.3 Å². The molecule has 2 rings (SSSR count). The normalized spacial score (nSPS) is 22.2. The summed E-state index contributed by atoms with van der Waals surface area (Å²) in [5.74, 6) is -1.35. The zero-order valence-electron chi connectivity index (χ0n) is 11.0. The number of aromatic nitrogens is 2. The van der Waals surface area contributed by atoms with Gasteiger partial charge in [-0.05, 0) is 13.3 Å². The van der Waals surface area contributed by atoms with Crippen molar-refractivity contribution >= 4 is 22.4 Å². The monoisotopic (exact) mass is 317 g/mol. The summed E-state index contributed by atoms with van der Waals surface area (Å²) in [5.41, 5.74) is -3.98. The van der Waals surface area contributed by atoms with E-state index in [2.05, 4.69) is 15.5 Å². The molecule has 2 N–H and O–H groups in total. The van der Waals surface area contributed by atoms with Gasteiger partial charge in [0, 0.05) is 5.70 Å². The van der Waals surface area contributed by atoms with Crippen molar-refractivity contribution in [3.63, 3.8) is 0 Å². The zero-order chi connectivity index (χ0) is 15.8. The highest BCUT2D eigenvalue weighted by Gasteiger charge is 2.67. The maximum absolute atomic E-state index is 13.5. The predicted molar refractivity (Wildman–Crippen MR) is 68.2 cm³/mol. The van der Waals surface area contributed by atoms with Gasteiger partial charge >= 0.3 is 6.18 Å². The van der Waals surface area contributed by atoms with Gasteiger partial charge in [0.15, 0.2) is 0 Å². The van der Waals surface area contributed by atoms with Gasteiger partial charge in [-0.2, -0.15) is 18.4 Å². The first-order chi connectivity index (χ1) is 9.76. The molecule has 0 radical (unpaired) electrons. The Morgan fingerprint density at radius 3 is 2.62 bits per heavy atom. The minimum atomic E-state index is -5.00. The number of hydrogen-bond acceptors (Lipinski definition) is 6. The van der Waals surface area contributed by atoms with E-state index in [1.165, 1.54) is 13.0 Å². The van der Waals surface area contributed by atoms with E-state index in [0.717, 1.165) is 11.3 Å². The van der Waals surface area contributed by atoms with Crippen molar-refractivity contribution < 1.29 is 18.0 Å². The van der Waals surface area contributed by atoms with Crippen LogP contribution in [0.5, 0.6) is 0 Å². The maximum Gasteiger partial charge on any atom is 0.425 e. The Morgan fingerprint density at radius 2 is 2.14 bits per heavy atom. The highest BCUT2D eigenvalue weighted by Crippen LogP contribution is 2.43. The lowest BCUT2D eigenvalue weighted by Crippen LogP contribution is -2.59. The molecule has 1 atom stereocenters. The molecular formula is C11H10F3N5OS. The van der Waals surface area contributed by atoms with Crippen LogP contribution in [0.4, 0.5) is 18.3 Å². The number of aryl methyl sites for hydroxylation is 1. The van der Waals surface area contributed by atoms with Crippen LogP contribution in [-0.2, 0) is 11.2 Å². The molecule has 1 aromatic rings. The third-order valence-corrected chi connectivity index (χ3v) is 3.98. The highest BCUT2D eigenvalue weighted by molar-refractivity contribution is 7.15. The van der Waals surface area contributed by atoms with Gasteiger partial charge in [0.2, 0.25) is 5.13 Å². The number of alkyl halides is 3. The minimum absolute atomic E-state index is 0.132. The van der Waals surface area contributed by atoms with Crippen molar-refractivity contribution in [1.29, 1.82) is 5.26 Å². The van der Waals surface area contributed by atoms with E-state index in [1.54, 1.807) is 6.92 Å². The van der Waals surface area contributed by atoms with Crippen molar-refractivity contribution in [2.75, 3.05) is 5.32 Å². The Hall–Kier alpha value is -2.15. The molecule has 0 aliphatic carbocycles. The minimum Gasteiger partial charge on any atom is -0.334 e. The van der Waals surface area contributed by atoms with Crippen molar-refractivity contribution in [3.8, 4) is 6.07 Å². The maximum atomic E-state index is 13.5. The third-order valence-electron chi connectivity index (χ3n) is 2.99. The third kappa shape index (κ3) is 2.23. The summed E-state index contributed by atoms with van der Waals surface area (Å²) >= 11 is 0.905. The molecule has 0 saturated heterocycles. The summed E-state index contributed by atoms with van der Waals surface area (Å²) in [6.07, 6.45) is -4.50. The van der Waals surface area contributed by atoms with Gasteiger partial charge in [0.25, 0.3) is 11.4 Å². The molecule has 1 unspecified atom stereocenters. The van der Waals surface area contributed by atoms with Crippen LogP contribution in [0.25, 0.3) is 0 Å². The van der Waals surface area contributed by atoms with Crippen LogP contribution in [0.1, 0.15) is 18.9 Å². The molecule has 1 amide bonds. The fourth-order valence-corrected chi connectivity index (χ4v) is 2.69. The van der Waals surface area contributed by atoms with Crippen molar-refractivity contribution in [3.05, 3.63) is 16.3 Å². The fraction of sp³-hybridized carbons (Fsp3) is 0.455. The Bertz CT molecular complexity index is 660. The predicted octanol–water partition coefficient (Wildman–Crippen LogP) is 1.74. The molecule has 0 spiro atoms. The van der Waals surface area contributed by atoms with Crippen molar-refractivity contribution in [2.24, 2.45) is 0 Å². The molecular weight excluding hydrogens is 307 g/mol. The highest BCUT2D eigenvalue weighted by atomic mass is 32.1. The molecule has 1 aromatic heterocycles. The van der Waals surface area contributed by atoms with E-state index < -0.39 is 23.2 Å². The van der Waals surface area contributed by atoms with Crippen LogP contribution < -0.4 is 10.6 Å². The molecule has 6 nitrogen and oxygen atoms in total. The number of hydrogen-bond donors (Lipinski definition) is 2. The number of carbonyl (C=O) groups excluding carboxylic acids is 1. The molecule has 0 bridgehead atoms. The molecule has 1 aliphatic heterocycles. The lowest BCUT2D eigenvalue weighted by atomic mass is 9.90. The topological polar surface area (TPSA) is 90.7 Å². The van der Waals surface area contributed by atoms with Gasteiger partial charge in [-0.15, -0.1) is 10.2 Å². The largest absolute Gasteiger partial charge is 0.425 e. The quantitative estimate of drug-likeness (QED) is 0.886. The number of halogens is 3. The van der Waals surface area contributed by atoms with E-state index >= 15 is 0 Å². The second kappa shape index (κ2) is 5.00. The van der Waals surface area contributed by atoms with Gasteiger partial charge in [-0.3, -0.25) is 4.79 Å². The summed E-state index contributed by atoms with van der Waals surface area (Å²) in [5, 5.41) is 20.7. The Balaban J connectivity index is 2.54. The molecule has 2 heterocycles. The number of carbonyl (C=O) groups is 1. The number of amides is 1.